The highest BCUT2D eigenvalue weighted by molar-refractivity contribution is 5.91. The van der Waals surface area contributed by atoms with E-state index < -0.39 is 54.7 Å². The van der Waals surface area contributed by atoms with Gasteiger partial charge < -0.3 is 44.2 Å². The second kappa shape index (κ2) is 20.8. The molecule has 0 aromatic heterocycles. The van der Waals surface area contributed by atoms with Gasteiger partial charge in [-0.25, -0.2) is 0 Å². The monoisotopic (exact) mass is 734 g/mol. The van der Waals surface area contributed by atoms with Crippen LogP contribution >= 0.6 is 0 Å². The van der Waals surface area contributed by atoms with E-state index in [1.54, 1.807) is 32.0 Å². The fraction of sp³-hybridized carbons (Fsp3) is 0.854. The van der Waals surface area contributed by atoms with E-state index in [4.69, 9.17) is 14.2 Å². The molecule has 0 aliphatic carbocycles. The molecule has 3 saturated heterocycles. The molecule has 12 atom stereocenters. The van der Waals surface area contributed by atoms with Crippen molar-refractivity contribution in [3.05, 3.63) is 23.8 Å². The first-order valence-corrected chi connectivity index (χ1v) is 20.3. The average Bonchev–Trinajstić information content (AvgIpc) is 3.12. The molecule has 11 heteroatoms. The Balaban J connectivity index is 1.68. The van der Waals surface area contributed by atoms with Crippen LogP contribution in [0, 0.1) is 23.7 Å². The number of likely N-dealkylation sites (N-methyl/N-ethyl adjacent to an activating group) is 1. The van der Waals surface area contributed by atoms with Crippen LogP contribution in [0.1, 0.15) is 98.8 Å². The van der Waals surface area contributed by atoms with Gasteiger partial charge in [-0.3, -0.25) is 9.59 Å². The van der Waals surface area contributed by atoms with Gasteiger partial charge in [-0.2, -0.15) is 0 Å². The lowest BCUT2D eigenvalue weighted by molar-refractivity contribution is -0.304. The minimum Gasteiger partial charge on any atom is -0.462 e. The number of hydrogen-bond donors (Lipinski definition) is 3. The molecule has 0 radical (unpaired) electrons. The molecule has 3 N–H and O–H groups in total. The number of likely N-dealkylation sites (tertiary alicyclic amines) is 2. The van der Waals surface area contributed by atoms with Gasteiger partial charge >= 0.3 is 5.97 Å². The molecule has 4 aliphatic heterocycles. The first-order chi connectivity index (χ1) is 24.8. The van der Waals surface area contributed by atoms with Crippen LogP contribution in [0.25, 0.3) is 0 Å². The van der Waals surface area contributed by atoms with Crippen molar-refractivity contribution < 1.29 is 39.1 Å². The molecule has 52 heavy (non-hydrogen) atoms. The number of piperidine rings is 2. The Labute approximate surface area is 313 Å². The predicted molar refractivity (Wildman–Crippen MR) is 203 cm³/mol. The van der Waals surface area contributed by atoms with Crippen LogP contribution in [0.5, 0.6) is 0 Å². The van der Waals surface area contributed by atoms with E-state index in [2.05, 4.69) is 15.9 Å². The van der Waals surface area contributed by atoms with Crippen LogP contribution in [-0.4, -0.2) is 144 Å². The molecular formula is C41H71N3O8. The summed E-state index contributed by atoms with van der Waals surface area (Å²) in [5.74, 6) is -1.58. The molecule has 0 aromatic carbocycles. The van der Waals surface area contributed by atoms with E-state index in [1.807, 2.05) is 33.8 Å². The van der Waals surface area contributed by atoms with Crippen LogP contribution in [0.2, 0.25) is 0 Å². The van der Waals surface area contributed by atoms with Gasteiger partial charge in [0, 0.05) is 24.3 Å². The van der Waals surface area contributed by atoms with Crippen molar-refractivity contribution in [2.75, 3.05) is 53.4 Å². The van der Waals surface area contributed by atoms with Gasteiger partial charge in [-0.1, -0.05) is 51.3 Å². The van der Waals surface area contributed by atoms with Gasteiger partial charge in [0.15, 0.2) is 12.1 Å². The molecule has 0 bridgehead atoms. The lowest BCUT2D eigenvalue weighted by Crippen LogP contribution is -2.63. The number of aliphatic hydroxyl groups is 3. The summed E-state index contributed by atoms with van der Waals surface area (Å²) >= 11 is 0. The number of hydrogen-bond acceptors (Lipinski definition) is 11. The molecule has 298 valence electrons. The summed E-state index contributed by atoms with van der Waals surface area (Å²) in [5, 5.41) is 34.2. The highest BCUT2D eigenvalue weighted by Crippen LogP contribution is 2.35. The lowest BCUT2D eigenvalue weighted by Gasteiger charge is -2.47. The second-order valence-electron chi connectivity index (χ2n) is 16.6. The summed E-state index contributed by atoms with van der Waals surface area (Å²) in [6.07, 6.45) is 8.49. The van der Waals surface area contributed by atoms with Crippen molar-refractivity contribution in [1.82, 2.24) is 14.7 Å². The summed E-state index contributed by atoms with van der Waals surface area (Å²) < 4.78 is 19.1. The van der Waals surface area contributed by atoms with E-state index in [0.29, 0.717) is 19.3 Å². The minimum atomic E-state index is -1.17. The fourth-order valence-corrected chi connectivity index (χ4v) is 8.83. The Morgan fingerprint density at radius 1 is 0.904 bits per heavy atom. The highest BCUT2D eigenvalue weighted by Gasteiger charge is 2.47. The van der Waals surface area contributed by atoms with Crippen LogP contribution in [0.15, 0.2) is 23.8 Å². The molecule has 0 aromatic rings. The number of esters is 1. The third-order valence-electron chi connectivity index (χ3n) is 12.1. The number of aliphatic hydroxyl groups excluding tert-OH is 3. The first-order valence-electron chi connectivity index (χ1n) is 20.3. The molecule has 0 unspecified atom stereocenters. The van der Waals surface area contributed by atoms with Crippen molar-refractivity contribution in [2.45, 2.75) is 148 Å². The van der Waals surface area contributed by atoms with E-state index in [0.717, 1.165) is 70.5 Å². The first kappa shape index (κ1) is 43.0. The third-order valence-corrected chi connectivity index (χ3v) is 12.1. The lowest BCUT2D eigenvalue weighted by atomic mass is 9.79. The van der Waals surface area contributed by atoms with Gasteiger partial charge in [0.25, 0.3) is 0 Å². The number of carbonyl (C=O) groups excluding carboxylic acids is 2. The molecule has 11 nitrogen and oxygen atoms in total. The molecule has 4 aliphatic rings. The Morgan fingerprint density at radius 2 is 1.54 bits per heavy atom. The smallest absolute Gasteiger partial charge is 0.308 e. The summed E-state index contributed by atoms with van der Waals surface area (Å²) in [6, 6.07) is -0.632. The Kier molecular flexibility index (Phi) is 17.2. The molecule has 4 rings (SSSR count). The van der Waals surface area contributed by atoms with Crippen molar-refractivity contribution in [2.24, 2.45) is 23.7 Å². The van der Waals surface area contributed by atoms with Crippen LogP contribution < -0.4 is 0 Å². The molecule has 3 fully saturated rings. The molecule has 0 spiro atoms. The number of ketones is 1. The summed E-state index contributed by atoms with van der Waals surface area (Å²) in [5.41, 5.74) is 0.954. The number of cyclic esters (lactones) is 1. The largest absolute Gasteiger partial charge is 0.462 e. The minimum absolute atomic E-state index is 0.0270. The quantitative estimate of drug-likeness (QED) is 0.295. The fourth-order valence-electron chi connectivity index (χ4n) is 8.83. The normalized spacial score (nSPS) is 40.2. The number of rotatable bonds is 9. The van der Waals surface area contributed by atoms with Gasteiger partial charge in [0.1, 0.15) is 12.2 Å². The molecular weight excluding hydrogens is 662 g/mol. The van der Waals surface area contributed by atoms with Crippen LogP contribution in [-0.2, 0) is 23.8 Å². The second-order valence-corrected chi connectivity index (χ2v) is 16.6. The third kappa shape index (κ3) is 12.2. The Hall–Kier alpha value is -1.70. The van der Waals surface area contributed by atoms with Crippen LogP contribution in [0.3, 0.4) is 0 Å². The van der Waals surface area contributed by atoms with Crippen molar-refractivity contribution >= 4 is 11.8 Å². The van der Waals surface area contributed by atoms with Crippen molar-refractivity contribution in [1.29, 1.82) is 0 Å². The SMILES string of the molecule is CC[C@H]1OC(=O)C[C@@H](O)[C@H](C)[C@@H](O[C@@H]2O[C@H](C)[C@H](O)[C@H](N(C)C)[C@H]2O)[C@@H](CCN2CCCCC2)C[C@@H](C)C(=O)/C=C/C(C)=C/[C@@H]1CN1CCCCC1. The van der Waals surface area contributed by atoms with E-state index >= 15 is 0 Å². The maximum Gasteiger partial charge on any atom is 0.308 e. The number of nitrogens with zero attached hydrogens (tertiary/aromatic N) is 3. The van der Waals surface area contributed by atoms with Crippen LogP contribution in [0.4, 0.5) is 0 Å². The number of allylic oxidation sites excluding steroid dienone is 3. The van der Waals surface area contributed by atoms with Crippen molar-refractivity contribution in [3.8, 4) is 0 Å². The number of carbonyl (C=O) groups is 2. The van der Waals surface area contributed by atoms with Gasteiger partial charge in [-0.05, 0) is 118 Å². The van der Waals surface area contributed by atoms with Gasteiger partial charge in [0.05, 0.1) is 36.9 Å². The maximum atomic E-state index is 13.8. The van der Waals surface area contributed by atoms with E-state index in [1.165, 1.54) is 12.8 Å². The zero-order chi connectivity index (χ0) is 37.9. The summed E-state index contributed by atoms with van der Waals surface area (Å²) in [7, 11) is 3.60. The van der Waals surface area contributed by atoms with Gasteiger partial charge in [0.2, 0.25) is 0 Å². The van der Waals surface area contributed by atoms with Gasteiger partial charge in [-0.15, -0.1) is 0 Å². The molecule has 4 heterocycles. The topological polar surface area (TPSA) is 132 Å². The summed E-state index contributed by atoms with van der Waals surface area (Å²) in [6.45, 7) is 15.3. The van der Waals surface area contributed by atoms with E-state index in [-0.39, 0.29) is 36.1 Å². The predicted octanol–water partition coefficient (Wildman–Crippen LogP) is 4.18. The average molecular weight is 734 g/mol. The molecule has 0 saturated carbocycles. The standard InChI is InChI=1S/C41H71N3O8/c1-8-35-32(26-44-20-13-10-14-21-44)23-27(2)15-16-33(45)28(3)24-31(17-22-43-18-11-9-12-19-43)40(29(4)34(46)25-36(47)51-35)52-41-39(49)37(42(6)7)38(48)30(5)50-41/h15-16,23,28-32,34-35,37-41,46,48-49H,8-14,17-22,24-26H2,1-7H3/b16-15+,27-23+/t28-,29+,30-,31+,32-,34-,35-,37+,38+,39-,40-,41+/m1/s1. The molecule has 0 amide bonds. The zero-order valence-electron chi connectivity index (χ0n) is 33.2. The van der Waals surface area contributed by atoms with Crippen molar-refractivity contribution in [3.63, 3.8) is 0 Å². The summed E-state index contributed by atoms with van der Waals surface area (Å²) in [4.78, 5) is 34.1. The maximum absolute atomic E-state index is 13.8. The highest BCUT2D eigenvalue weighted by atomic mass is 16.7. The number of ether oxygens (including phenoxy) is 3. The van der Waals surface area contributed by atoms with E-state index in [9.17, 15) is 24.9 Å². The Morgan fingerprint density at radius 3 is 2.15 bits per heavy atom. The zero-order valence-corrected chi connectivity index (χ0v) is 33.2. The Bertz CT molecular complexity index is 1170.